The summed E-state index contributed by atoms with van der Waals surface area (Å²) < 4.78 is 16.4. The van der Waals surface area contributed by atoms with Gasteiger partial charge in [-0.25, -0.2) is 4.79 Å². The lowest BCUT2D eigenvalue weighted by Crippen LogP contribution is -2.44. The van der Waals surface area contributed by atoms with Crippen molar-refractivity contribution >= 4 is 18.4 Å². The van der Waals surface area contributed by atoms with Gasteiger partial charge in [-0.3, -0.25) is 9.59 Å². The van der Waals surface area contributed by atoms with Crippen LogP contribution in [0.15, 0.2) is 0 Å². The topological polar surface area (TPSA) is 78.9 Å². The first-order valence-corrected chi connectivity index (χ1v) is 11.0. The van der Waals surface area contributed by atoms with Crippen molar-refractivity contribution in [3.8, 4) is 0 Å². The van der Waals surface area contributed by atoms with Gasteiger partial charge in [0.05, 0.1) is 5.92 Å². The van der Waals surface area contributed by atoms with Crippen molar-refractivity contribution in [3.63, 3.8) is 0 Å². The molecule has 0 aromatic rings. The normalized spacial score (nSPS) is 48.7. The molecule has 29 heavy (non-hydrogen) atoms. The highest BCUT2D eigenvalue weighted by atomic mass is 16.6. The number of carbonyl (C=O) groups excluding carboxylic acids is 3. The maximum Gasteiger partial charge on any atom is 0.351 e. The van der Waals surface area contributed by atoms with E-state index in [1.54, 1.807) is 0 Å². The van der Waals surface area contributed by atoms with Gasteiger partial charge >= 0.3 is 11.9 Å². The summed E-state index contributed by atoms with van der Waals surface area (Å²) in [5.74, 6) is 0.921. The Labute approximate surface area is 172 Å². The van der Waals surface area contributed by atoms with E-state index in [9.17, 15) is 14.4 Å². The SMILES string of the molecule is CC(C)(C)C1C2CC3(CC2C(=O)OC2CCC4(OC=O)CC2OC4=O)C1C3(C)C. The molecule has 160 valence electrons. The number of hydrogen-bond acceptors (Lipinski definition) is 6. The first kappa shape index (κ1) is 19.4. The highest BCUT2D eigenvalue weighted by Gasteiger charge is 2.83. The Kier molecular flexibility index (Phi) is 3.71. The van der Waals surface area contributed by atoms with Gasteiger partial charge < -0.3 is 14.2 Å². The molecule has 5 rings (SSSR count). The van der Waals surface area contributed by atoms with Crippen molar-refractivity contribution in [2.45, 2.75) is 84.5 Å². The summed E-state index contributed by atoms with van der Waals surface area (Å²) >= 11 is 0. The van der Waals surface area contributed by atoms with Gasteiger partial charge in [0, 0.05) is 12.8 Å². The van der Waals surface area contributed by atoms with Gasteiger partial charge in [-0.15, -0.1) is 0 Å². The lowest BCUT2D eigenvalue weighted by Gasteiger charge is -2.39. The summed E-state index contributed by atoms with van der Waals surface area (Å²) in [6.07, 6.45) is 2.21. The van der Waals surface area contributed by atoms with E-state index in [0.29, 0.717) is 47.9 Å². The lowest BCUT2D eigenvalue weighted by atomic mass is 9.66. The average Bonchev–Trinajstić information content (AvgIpc) is 3.03. The van der Waals surface area contributed by atoms with Gasteiger partial charge in [0.15, 0.2) is 0 Å². The molecule has 1 aliphatic heterocycles. The number of ether oxygens (including phenoxy) is 3. The number of esters is 2. The zero-order valence-electron chi connectivity index (χ0n) is 18.0. The van der Waals surface area contributed by atoms with Crippen molar-refractivity contribution < 1.29 is 28.6 Å². The zero-order chi connectivity index (χ0) is 21.0. The summed E-state index contributed by atoms with van der Waals surface area (Å²) in [6.45, 7) is 11.9. The molecule has 0 amide bonds. The fourth-order valence-corrected chi connectivity index (χ4v) is 8.06. The number of carbonyl (C=O) groups is 3. The van der Waals surface area contributed by atoms with Crippen molar-refractivity contribution in [2.75, 3.05) is 0 Å². The summed E-state index contributed by atoms with van der Waals surface area (Å²) in [5, 5.41) is 0. The summed E-state index contributed by atoms with van der Waals surface area (Å²) in [7, 11) is 0. The minimum Gasteiger partial charge on any atom is -0.458 e. The molecule has 8 atom stereocenters. The highest BCUT2D eigenvalue weighted by molar-refractivity contribution is 5.84. The van der Waals surface area contributed by atoms with Crippen LogP contribution in [-0.4, -0.2) is 36.2 Å². The van der Waals surface area contributed by atoms with E-state index in [1.165, 1.54) is 0 Å². The third kappa shape index (κ3) is 2.32. The molecular formula is C23H32O6. The Morgan fingerprint density at radius 2 is 1.93 bits per heavy atom. The molecule has 0 aromatic heterocycles. The van der Waals surface area contributed by atoms with Crippen LogP contribution in [0, 0.1) is 39.9 Å². The van der Waals surface area contributed by atoms with Crippen LogP contribution >= 0.6 is 0 Å². The highest BCUT2D eigenvalue weighted by Crippen LogP contribution is 2.88. The molecule has 1 saturated heterocycles. The van der Waals surface area contributed by atoms with Crippen LogP contribution in [0.5, 0.6) is 0 Å². The van der Waals surface area contributed by atoms with Crippen LogP contribution in [0.2, 0.25) is 0 Å². The molecule has 1 spiro atoms. The minimum atomic E-state index is -1.18. The van der Waals surface area contributed by atoms with Crippen LogP contribution in [0.25, 0.3) is 0 Å². The van der Waals surface area contributed by atoms with Crippen LogP contribution in [0.3, 0.4) is 0 Å². The molecule has 0 aromatic carbocycles. The number of rotatable bonds is 4. The molecule has 6 heteroatoms. The number of fused-ring (bicyclic) bond motifs is 3. The first-order chi connectivity index (χ1) is 13.5. The van der Waals surface area contributed by atoms with E-state index < -0.39 is 23.8 Å². The van der Waals surface area contributed by atoms with Gasteiger partial charge in [0.25, 0.3) is 6.47 Å². The standard InChI is InChI=1S/C23H32O6/c1-20(2,3)16-12-8-22(17(16)21(22,4)5)9-13(12)18(25)28-14-6-7-23(27-11-24)10-15(14)29-19(23)26/h11-17H,6-10H2,1-5H3. The molecule has 4 bridgehead atoms. The Bertz CT molecular complexity index is 781. The zero-order valence-corrected chi connectivity index (χ0v) is 18.0. The molecule has 0 N–H and O–H groups in total. The second-order valence-electron chi connectivity index (χ2n) is 11.8. The first-order valence-electron chi connectivity index (χ1n) is 11.0. The Morgan fingerprint density at radius 3 is 2.55 bits per heavy atom. The molecule has 5 aliphatic rings. The van der Waals surface area contributed by atoms with Gasteiger partial charge in [0.2, 0.25) is 5.60 Å². The second-order valence-corrected chi connectivity index (χ2v) is 11.8. The van der Waals surface area contributed by atoms with E-state index in [2.05, 4.69) is 34.6 Å². The number of hydrogen-bond donors (Lipinski definition) is 0. The Balaban J connectivity index is 1.31. The quantitative estimate of drug-likeness (QED) is 0.407. The monoisotopic (exact) mass is 404 g/mol. The largest absolute Gasteiger partial charge is 0.458 e. The smallest absolute Gasteiger partial charge is 0.351 e. The van der Waals surface area contributed by atoms with E-state index in [1.807, 2.05) is 0 Å². The van der Waals surface area contributed by atoms with E-state index in [-0.39, 0.29) is 23.7 Å². The predicted octanol–water partition coefficient (Wildman–Crippen LogP) is 3.26. The molecule has 4 saturated carbocycles. The summed E-state index contributed by atoms with van der Waals surface area (Å²) in [6, 6.07) is 0. The maximum atomic E-state index is 13.3. The molecular weight excluding hydrogens is 372 g/mol. The molecule has 8 unspecified atom stereocenters. The van der Waals surface area contributed by atoms with Gasteiger partial charge in [-0.05, 0) is 53.3 Å². The van der Waals surface area contributed by atoms with Crippen molar-refractivity contribution in [2.24, 2.45) is 39.9 Å². The van der Waals surface area contributed by atoms with E-state index in [4.69, 9.17) is 14.2 Å². The summed E-state index contributed by atoms with van der Waals surface area (Å²) in [5.41, 5.74) is -0.419. The van der Waals surface area contributed by atoms with Crippen molar-refractivity contribution in [1.82, 2.24) is 0 Å². The van der Waals surface area contributed by atoms with Crippen LogP contribution in [0.4, 0.5) is 0 Å². The minimum absolute atomic E-state index is 0.0627. The van der Waals surface area contributed by atoms with E-state index in [0.717, 1.165) is 12.8 Å². The van der Waals surface area contributed by atoms with Crippen LogP contribution in [-0.2, 0) is 28.6 Å². The molecule has 1 heterocycles. The Hall–Kier alpha value is -1.59. The van der Waals surface area contributed by atoms with Gasteiger partial charge in [-0.1, -0.05) is 34.6 Å². The fourth-order valence-electron chi connectivity index (χ4n) is 8.06. The van der Waals surface area contributed by atoms with Gasteiger partial charge in [0.1, 0.15) is 12.2 Å². The molecule has 4 aliphatic carbocycles. The van der Waals surface area contributed by atoms with Crippen molar-refractivity contribution in [1.29, 1.82) is 0 Å². The summed E-state index contributed by atoms with van der Waals surface area (Å²) in [4.78, 5) is 36.2. The Morgan fingerprint density at radius 1 is 1.21 bits per heavy atom. The predicted molar refractivity (Wildman–Crippen MR) is 102 cm³/mol. The fraction of sp³-hybridized carbons (Fsp3) is 0.870. The molecule has 5 fully saturated rings. The molecule has 0 radical (unpaired) electrons. The lowest BCUT2D eigenvalue weighted by molar-refractivity contribution is -0.167. The second kappa shape index (κ2) is 5.55. The maximum absolute atomic E-state index is 13.3. The van der Waals surface area contributed by atoms with E-state index >= 15 is 0 Å². The van der Waals surface area contributed by atoms with Crippen LogP contribution < -0.4 is 0 Å². The van der Waals surface area contributed by atoms with Crippen LogP contribution in [0.1, 0.15) is 66.7 Å². The van der Waals surface area contributed by atoms with Crippen molar-refractivity contribution in [3.05, 3.63) is 0 Å². The third-order valence-corrected chi connectivity index (χ3v) is 9.35. The van der Waals surface area contributed by atoms with Gasteiger partial charge in [-0.2, -0.15) is 0 Å². The third-order valence-electron chi connectivity index (χ3n) is 9.35. The average molecular weight is 405 g/mol. The molecule has 6 nitrogen and oxygen atoms in total.